The van der Waals surface area contributed by atoms with Gasteiger partial charge in [-0.25, -0.2) is 0 Å². The Morgan fingerprint density at radius 1 is 0.615 bits per heavy atom. The third-order valence-corrected chi connectivity index (χ3v) is 8.06. The second-order valence-corrected chi connectivity index (χ2v) is 9.05. The minimum atomic E-state index is 0.677. The molecule has 4 heterocycles. The van der Waals surface area contributed by atoms with E-state index in [0.717, 1.165) is 5.41 Å². The van der Waals surface area contributed by atoms with Gasteiger partial charge in [-0.3, -0.25) is 9.80 Å². The Bertz CT molecular complexity index is 404. The van der Waals surface area contributed by atoms with Crippen molar-refractivity contribution in [2.75, 3.05) is 26.2 Å². The van der Waals surface area contributed by atoms with Crippen molar-refractivity contribution in [2.24, 2.45) is 5.41 Å². The van der Waals surface area contributed by atoms with Gasteiger partial charge in [0.15, 0.2) is 0 Å². The SMILES string of the molecule is CC.CC.CCC12CCCN1CC1(CC1)C2.CCC12CCCN1CCC2. The zero-order valence-electron chi connectivity index (χ0n) is 19.0. The van der Waals surface area contributed by atoms with Gasteiger partial charge >= 0.3 is 0 Å². The summed E-state index contributed by atoms with van der Waals surface area (Å²) in [7, 11) is 0. The van der Waals surface area contributed by atoms with Crippen molar-refractivity contribution in [1.82, 2.24) is 9.80 Å². The predicted molar refractivity (Wildman–Crippen MR) is 116 cm³/mol. The first kappa shape index (κ1) is 22.2. The van der Waals surface area contributed by atoms with Crippen molar-refractivity contribution in [2.45, 2.75) is 123 Å². The van der Waals surface area contributed by atoms with E-state index in [-0.39, 0.29) is 0 Å². The van der Waals surface area contributed by atoms with E-state index in [1.165, 1.54) is 96.8 Å². The molecule has 0 amide bonds. The summed E-state index contributed by atoms with van der Waals surface area (Å²) in [6.45, 7) is 18.3. The Labute approximate surface area is 165 Å². The Kier molecular flexibility index (Phi) is 8.04. The molecule has 2 heteroatoms. The summed E-state index contributed by atoms with van der Waals surface area (Å²) in [5.74, 6) is 0. The van der Waals surface area contributed by atoms with Crippen LogP contribution in [0.1, 0.15) is 112 Å². The maximum absolute atomic E-state index is 2.81. The molecule has 1 spiro atoms. The fourth-order valence-corrected chi connectivity index (χ4v) is 6.44. The largest absolute Gasteiger partial charge is 0.298 e. The van der Waals surface area contributed by atoms with E-state index in [1.54, 1.807) is 0 Å². The molecular weight excluding hydrogens is 316 g/mol. The number of rotatable bonds is 2. The van der Waals surface area contributed by atoms with E-state index >= 15 is 0 Å². The summed E-state index contributed by atoms with van der Waals surface area (Å²) in [6.07, 6.45) is 16.2. The number of nitrogens with zero attached hydrogens (tertiary/aromatic N) is 2. The van der Waals surface area contributed by atoms with Crippen LogP contribution in [0.15, 0.2) is 0 Å². The lowest BCUT2D eigenvalue weighted by atomic mass is 9.86. The topological polar surface area (TPSA) is 6.48 Å². The van der Waals surface area contributed by atoms with Crippen LogP contribution in [0.25, 0.3) is 0 Å². The minimum Gasteiger partial charge on any atom is -0.298 e. The third-order valence-electron chi connectivity index (χ3n) is 8.06. The molecule has 1 saturated carbocycles. The summed E-state index contributed by atoms with van der Waals surface area (Å²) in [5.41, 5.74) is 2.19. The normalized spacial score (nSPS) is 32.5. The molecule has 5 rings (SSSR count). The van der Waals surface area contributed by atoms with Crippen molar-refractivity contribution in [3.05, 3.63) is 0 Å². The van der Waals surface area contributed by atoms with E-state index in [4.69, 9.17) is 0 Å². The minimum absolute atomic E-state index is 0.677. The second kappa shape index (κ2) is 9.41. The first-order valence-corrected chi connectivity index (χ1v) is 12.2. The van der Waals surface area contributed by atoms with Crippen LogP contribution in [-0.4, -0.2) is 47.1 Å². The molecule has 1 aliphatic carbocycles. The van der Waals surface area contributed by atoms with Crippen LogP contribution < -0.4 is 0 Å². The first-order chi connectivity index (χ1) is 12.7. The first-order valence-electron chi connectivity index (χ1n) is 12.2. The van der Waals surface area contributed by atoms with Crippen molar-refractivity contribution < 1.29 is 0 Å². The average Bonchev–Trinajstić information content (AvgIpc) is 3.03. The highest BCUT2D eigenvalue weighted by Gasteiger charge is 2.58. The number of hydrogen-bond donors (Lipinski definition) is 0. The van der Waals surface area contributed by atoms with Gasteiger partial charge < -0.3 is 0 Å². The smallest absolute Gasteiger partial charge is 0.0213 e. The Hall–Kier alpha value is -0.0800. The lowest BCUT2D eigenvalue weighted by molar-refractivity contribution is 0.189. The van der Waals surface area contributed by atoms with Crippen LogP contribution in [0.2, 0.25) is 0 Å². The summed E-state index contributed by atoms with van der Waals surface area (Å²) >= 11 is 0. The van der Waals surface area contributed by atoms with E-state index in [2.05, 4.69) is 23.6 Å². The van der Waals surface area contributed by atoms with E-state index in [9.17, 15) is 0 Å². The Morgan fingerprint density at radius 3 is 1.46 bits per heavy atom. The van der Waals surface area contributed by atoms with Crippen LogP contribution in [0, 0.1) is 5.41 Å². The van der Waals surface area contributed by atoms with Gasteiger partial charge in [0.2, 0.25) is 0 Å². The monoisotopic (exact) mass is 364 g/mol. The molecule has 26 heavy (non-hydrogen) atoms. The van der Waals surface area contributed by atoms with Crippen LogP contribution in [-0.2, 0) is 0 Å². The summed E-state index contributed by atoms with van der Waals surface area (Å²) < 4.78 is 0. The second-order valence-electron chi connectivity index (χ2n) is 9.05. The number of fused-ring (bicyclic) bond motifs is 2. The van der Waals surface area contributed by atoms with Gasteiger partial charge in [0, 0.05) is 17.6 Å². The average molecular weight is 365 g/mol. The van der Waals surface area contributed by atoms with Gasteiger partial charge in [-0.2, -0.15) is 0 Å². The van der Waals surface area contributed by atoms with Crippen molar-refractivity contribution in [1.29, 1.82) is 0 Å². The summed E-state index contributed by atoms with van der Waals surface area (Å²) in [6, 6.07) is 0. The third kappa shape index (κ3) is 4.17. The van der Waals surface area contributed by atoms with E-state index in [1.807, 2.05) is 27.7 Å². The van der Waals surface area contributed by atoms with Gasteiger partial charge in [0.25, 0.3) is 0 Å². The quantitative estimate of drug-likeness (QED) is 0.552. The molecule has 0 aromatic carbocycles. The van der Waals surface area contributed by atoms with Crippen molar-refractivity contribution in [3.63, 3.8) is 0 Å². The molecule has 0 aromatic rings. The molecule has 5 aliphatic rings. The molecule has 0 aromatic heterocycles. The van der Waals surface area contributed by atoms with Crippen LogP contribution >= 0.6 is 0 Å². The fourth-order valence-electron chi connectivity index (χ4n) is 6.44. The molecule has 4 saturated heterocycles. The molecule has 4 aliphatic heterocycles. The molecule has 0 radical (unpaired) electrons. The molecule has 2 nitrogen and oxygen atoms in total. The van der Waals surface area contributed by atoms with Crippen molar-refractivity contribution in [3.8, 4) is 0 Å². The predicted octanol–water partition coefficient (Wildman–Crippen LogP) is 6.49. The van der Waals surface area contributed by atoms with Crippen LogP contribution in [0.5, 0.6) is 0 Å². The molecule has 0 bridgehead atoms. The zero-order valence-corrected chi connectivity index (χ0v) is 19.0. The highest BCUT2D eigenvalue weighted by Crippen LogP contribution is 2.61. The maximum atomic E-state index is 2.81. The summed E-state index contributed by atoms with van der Waals surface area (Å²) in [4.78, 5) is 5.52. The van der Waals surface area contributed by atoms with Gasteiger partial charge in [-0.1, -0.05) is 41.5 Å². The standard InChI is InChI=1S/C11H19N.C9H17N.2C2H6/c1-2-11-4-3-7-12(11)9-10(8-11)5-6-10;1-2-9-5-3-7-10(9)8-4-6-9;2*1-2/h2-9H2,1H3;2-8H2,1H3;2*1-2H3. The van der Waals surface area contributed by atoms with Gasteiger partial charge in [-0.15, -0.1) is 0 Å². The van der Waals surface area contributed by atoms with Gasteiger partial charge in [-0.05, 0) is 95.7 Å². The number of hydrogen-bond acceptors (Lipinski definition) is 2. The highest BCUT2D eigenvalue weighted by atomic mass is 15.3. The van der Waals surface area contributed by atoms with Crippen LogP contribution in [0.3, 0.4) is 0 Å². The highest BCUT2D eigenvalue weighted by molar-refractivity contribution is 5.13. The zero-order chi connectivity index (χ0) is 19.3. The lowest BCUT2D eigenvalue weighted by Crippen LogP contribution is -2.37. The molecule has 154 valence electrons. The molecule has 0 N–H and O–H groups in total. The maximum Gasteiger partial charge on any atom is 0.0213 e. The molecule has 5 fully saturated rings. The van der Waals surface area contributed by atoms with Gasteiger partial charge in [0.05, 0.1) is 0 Å². The van der Waals surface area contributed by atoms with E-state index in [0.29, 0.717) is 11.1 Å². The fraction of sp³-hybridized carbons (Fsp3) is 1.00. The van der Waals surface area contributed by atoms with Gasteiger partial charge in [0.1, 0.15) is 0 Å². The Balaban J connectivity index is 0.000000159. The molecule has 1 atom stereocenters. The van der Waals surface area contributed by atoms with Crippen LogP contribution in [0.4, 0.5) is 0 Å². The summed E-state index contributed by atoms with van der Waals surface area (Å²) in [5, 5.41) is 0. The van der Waals surface area contributed by atoms with E-state index < -0.39 is 0 Å². The Morgan fingerprint density at radius 2 is 1.08 bits per heavy atom. The molecule has 1 unspecified atom stereocenters. The van der Waals surface area contributed by atoms with Crippen molar-refractivity contribution >= 4 is 0 Å². The molecular formula is C24H48N2. The lowest BCUT2D eigenvalue weighted by Gasteiger charge is -2.30.